The summed E-state index contributed by atoms with van der Waals surface area (Å²) in [6.45, 7) is 2.60. The second-order valence-corrected chi connectivity index (χ2v) is 5.00. The van der Waals surface area contributed by atoms with E-state index in [1.807, 2.05) is 0 Å². The molecule has 2 saturated heterocycles. The topological polar surface area (TPSA) is 97.4 Å². The lowest BCUT2D eigenvalue weighted by Gasteiger charge is -2.22. The van der Waals surface area contributed by atoms with Crippen molar-refractivity contribution in [3.8, 4) is 0 Å². The molecule has 21 heavy (non-hydrogen) atoms. The third-order valence-electron chi connectivity index (χ3n) is 3.64. The van der Waals surface area contributed by atoms with Gasteiger partial charge in [0.25, 0.3) is 0 Å². The van der Waals surface area contributed by atoms with Crippen LogP contribution in [-0.4, -0.2) is 55.7 Å². The lowest BCUT2D eigenvalue weighted by molar-refractivity contribution is -0.141. The van der Waals surface area contributed by atoms with Crippen molar-refractivity contribution in [3.05, 3.63) is 11.1 Å². The molecule has 3 aliphatic rings. The maximum Gasteiger partial charge on any atom is 0.509 e. The Labute approximate surface area is 119 Å². The van der Waals surface area contributed by atoms with Crippen molar-refractivity contribution in [2.75, 3.05) is 13.2 Å². The van der Waals surface area contributed by atoms with Crippen LogP contribution in [0.2, 0.25) is 0 Å². The third-order valence-corrected chi connectivity index (χ3v) is 3.64. The molecule has 2 bridgehead atoms. The van der Waals surface area contributed by atoms with Crippen molar-refractivity contribution in [1.29, 1.82) is 0 Å². The minimum absolute atomic E-state index is 0.00781. The van der Waals surface area contributed by atoms with Crippen LogP contribution >= 0.6 is 0 Å². The summed E-state index contributed by atoms with van der Waals surface area (Å²) in [4.78, 5) is 33.2. The Morgan fingerprint density at radius 3 is 1.76 bits per heavy atom. The second kappa shape index (κ2) is 5.03. The molecule has 0 saturated carbocycles. The minimum Gasteiger partial charge on any atom is -0.461 e. The first kappa shape index (κ1) is 13.9. The molecule has 2 fully saturated rings. The van der Waals surface area contributed by atoms with Gasteiger partial charge in [-0.25, -0.2) is 4.79 Å². The number of carbonyl (C=O) groups is 3. The van der Waals surface area contributed by atoms with Crippen molar-refractivity contribution in [2.24, 2.45) is 0 Å². The van der Waals surface area contributed by atoms with Crippen LogP contribution in [0.25, 0.3) is 0 Å². The van der Waals surface area contributed by atoms with Crippen molar-refractivity contribution in [2.45, 2.75) is 38.3 Å². The first-order valence-corrected chi connectivity index (χ1v) is 6.48. The van der Waals surface area contributed by atoms with E-state index < -0.39 is 42.5 Å². The lowest BCUT2D eigenvalue weighted by atomic mass is 9.88. The summed E-state index contributed by atoms with van der Waals surface area (Å²) in [5, 5.41) is 0. The van der Waals surface area contributed by atoms with Crippen LogP contribution in [0.4, 0.5) is 4.79 Å². The van der Waals surface area contributed by atoms with E-state index in [0.717, 1.165) is 0 Å². The molecule has 3 aliphatic heterocycles. The Bertz CT molecular complexity index is 492. The SMILES string of the molecule is CC(=O)OCC1=C(COC(C)=O)[C@@H]2O[C@H]1[C@@H]1OC(=O)O[C@@H]12. The van der Waals surface area contributed by atoms with Crippen LogP contribution in [-0.2, 0) is 33.3 Å². The van der Waals surface area contributed by atoms with Gasteiger partial charge < -0.3 is 23.7 Å². The van der Waals surface area contributed by atoms with Crippen LogP contribution in [0, 0.1) is 0 Å². The van der Waals surface area contributed by atoms with E-state index in [1.54, 1.807) is 0 Å². The number of carbonyl (C=O) groups excluding carboxylic acids is 3. The summed E-state index contributed by atoms with van der Waals surface area (Å²) in [7, 11) is 0. The molecule has 8 heteroatoms. The molecule has 114 valence electrons. The van der Waals surface area contributed by atoms with Crippen LogP contribution < -0.4 is 0 Å². The van der Waals surface area contributed by atoms with Gasteiger partial charge in [-0.15, -0.1) is 0 Å². The van der Waals surface area contributed by atoms with Gasteiger partial charge in [0.1, 0.15) is 25.4 Å². The highest BCUT2D eigenvalue weighted by atomic mass is 16.8. The van der Waals surface area contributed by atoms with E-state index in [4.69, 9.17) is 23.7 Å². The van der Waals surface area contributed by atoms with Crippen molar-refractivity contribution >= 4 is 18.1 Å². The predicted molar refractivity (Wildman–Crippen MR) is 64.1 cm³/mol. The highest BCUT2D eigenvalue weighted by Crippen LogP contribution is 2.45. The van der Waals surface area contributed by atoms with E-state index in [1.165, 1.54) is 13.8 Å². The Hall–Kier alpha value is -2.09. The highest BCUT2D eigenvalue weighted by molar-refractivity contribution is 5.67. The van der Waals surface area contributed by atoms with Gasteiger partial charge >= 0.3 is 18.1 Å². The summed E-state index contributed by atoms with van der Waals surface area (Å²) in [6, 6.07) is 0. The monoisotopic (exact) mass is 298 g/mol. The average molecular weight is 298 g/mol. The highest BCUT2D eigenvalue weighted by Gasteiger charge is 2.61. The molecule has 0 aliphatic carbocycles. The molecular weight excluding hydrogens is 284 g/mol. The molecule has 0 aromatic heterocycles. The summed E-state index contributed by atoms with van der Waals surface area (Å²) in [5.74, 6) is -0.873. The van der Waals surface area contributed by atoms with Gasteiger partial charge in [-0.3, -0.25) is 9.59 Å². The molecule has 0 radical (unpaired) electrons. The molecule has 0 aromatic carbocycles. The number of hydrogen-bond acceptors (Lipinski definition) is 8. The van der Waals surface area contributed by atoms with Crippen LogP contribution in [0.1, 0.15) is 13.8 Å². The zero-order valence-corrected chi connectivity index (χ0v) is 11.5. The summed E-state index contributed by atoms with van der Waals surface area (Å²) in [6.07, 6.45) is -2.90. The molecule has 0 aromatic rings. The molecular formula is C13H14O8. The van der Waals surface area contributed by atoms with E-state index in [-0.39, 0.29) is 13.2 Å². The molecule has 8 nitrogen and oxygen atoms in total. The standard InChI is InChI=1S/C13H14O8/c1-5(14)17-3-7-8(4-18-6(2)15)10-12-11(9(7)19-10)20-13(16)21-12/h9-12H,3-4H2,1-2H3/t9-,10+,11+,12-. The second-order valence-electron chi connectivity index (χ2n) is 5.00. The van der Waals surface area contributed by atoms with Gasteiger partial charge in [0.2, 0.25) is 0 Å². The third kappa shape index (κ3) is 2.35. The van der Waals surface area contributed by atoms with Crippen molar-refractivity contribution in [3.63, 3.8) is 0 Å². The van der Waals surface area contributed by atoms with E-state index in [2.05, 4.69) is 0 Å². The summed E-state index contributed by atoms with van der Waals surface area (Å²) < 4.78 is 25.8. The smallest absolute Gasteiger partial charge is 0.461 e. The van der Waals surface area contributed by atoms with Gasteiger partial charge in [0.15, 0.2) is 12.2 Å². The quantitative estimate of drug-likeness (QED) is 0.409. The van der Waals surface area contributed by atoms with E-state index >= 15 is 0 Å². The van der Waals surface area contributed by atoms with Crippen molar-refractivity contribution < 1.29 is 38.1 Å². The van der Waals surface area contributed by atoms with Crippen LogP contribution in [0.5, 0.6) is 0 Å². The van der Waals surface area contributed by atoms with Gasteiger partial charge in [0, 0.05) is 25.0 Å². The fraction of sp³-hybridized carbons (Fsp3) is 0.615. The van der Waals surface area contributed by atoms with E-state index in [0.29, 0.717) is 11.1 Å². The largest absolute Gasteiger partial charge is 0.509 e. The first-order valence-electron chi connectivity index (χ1n) is 6.48. The Morgan fingerprint density at radius 1 is 0.952 bits per heavy atom. The number of rotatable bonds is 4. The summed E-state index contributed by atoms with van der Waals surface area (Å²) >= 11 is 0. The fourth-order valence-corrected chi connectivity index (χ4v) is 2.80. The molecule has 4 atom stereocenters. The van der Waals surface area contributed by atoms with Gasteiger partial charge in [0.05, 0.1) is 0 Å². The number of ether oxygens (including phenoxy) is 5. The molecule has 0 N–H and O–H groups in total. The zero-order valence-electron chi connectivity index (χ0n) is 11.5. The normalized spacial score (nSPS) is 32.6. The maximum atomic E-state index is 11.2. The number of fused-ring (bicyclic) bond motifs is 5. The Morgan fingerprint density at radius 2 is 1.38 bits per heavy atom. The summed E-state index contributed by atoms with van der Waals surface area (Å²) in [5.41, 5.74) is 1.33. The molecule has 0 spiro atoms. The Kier molecular flexibility index (Phi) is 3.32. The Balaban J connectivity index is 1.82. The van der Waals surface area contributed by atoms with E-state index in [9.17, 15) is 14.4 Å². The molecule has 3 rings (SSSR count). The minimum atomic E-state index is -0.746. The van der Waals surface area contributed by atoms with Crippen LogP contribution in [0.15, 0.2) is 11.1 Å². The van der Waals surface area contributed by atoms with Gasteiger partial charge in [-0.1, -0.05) is 0 Å². The number of hydrogen-bond donors (Lipinski definition) is 0. The molecule has 3 heterocycles. The average Bonchev–Trinajstić information content (AvgIpc) is 3.02. The lowest BCUT2D eigenvalue weighted by Crippen LogP contribution is -2.38. The van der Waals surface area contributed by atoms with Gasteiger partial charge in [-0.05, 0) is 0 Å². The van der Waals surface area contributed by atoms with Crippen LogP contribution in [0.3, 0.4) is 0 Å². The maximum absolute atomic E-state index is 11.2. The van der Waals surface area contributed by atoms with Gasteiger partial charge in [-0.2, -0.15) is 0 Å². The predicted octanol–water partition coefficient (Wildman–Crippen LogP) is 0.0942. The molecule has 0 amide bonds. The van der Waals surface area contributed by atoms with Crippen molar-refractivity contribution in [1.82, 2.24) is 0 Å². The number of esters is 2. The first-order chi connectivity index (χ1) is 9.97. The zero-order chi connectivity index (χ0) is 15.1. The molecule has 0 unspecified atom stereocenters. The fourth-order valence-electron chi connectivity index (χ4n) is 2.80.